The highest BCUT2D eigenvalue weighted by Crippen LogP contribution is 2.28. The largest absolute Gasteiger partial charge is 0.378 e. The summed E-state index contributed by atoms with van der Waals surface area (Å²) in [7, 11) is 0. The Morgan fingerprint density at radius 3 is 2.61 bits per heavy atom. The summed E-state index contributed by atoms with van der Waals surface area (Å²) >= 11 is 1.42. The first-order valence-electron chi connectivity index (χ1n) is 9.28. The van der Waals surface area contributed by atoms with Gasteiger partial charge in [0.2, 0.25) is 5.95 Å². The maximum absolute atomic E-state index is 12.5. The van der Waals surface area contributed by atoms with Gasteiger partial charge in [0, 0.05) is 18.7 Å². The van der Waals surface area contributed by atoms with Crippen molar-refractivity contribution >= 4 is 23.5 Å². The van der Waals surface area contributed by atoms with Gasteiger partial charge in [0.05, 0.1) is 24.7 Å². The Bertz CT molecular complexity index is 952. The number of thioether (sulfide) groups is 1. The number of hydrogen-bond acceptors (Lipinski definition) is 6. The summed E-state index contributed by atoms with van der Waals surface area (Å²) in [5.74, 6) is 1.19. The molecular formula is C21H22N4O2S. The summed E-state index contributed by atoms with van der Waals surface area (Å²) in [4.78, 5) is 14.7. The summed E-state index contributed by atoms with van der Waals surface area (Å²) in [6.45, 7) is 4.97. The van der Waals surface area contributed by atoms with Crippen molar-refractivity contribution in [3.05, 3.63) is 65.7 Å². The van der Waals surface area contributed by atoms with Crippen molar-refractivity contribution in [3.8, 4) is 5.69 Å². The standard InChI is InChI=1S/C21H22N4O2S/c1-16-6-5-9-18(14-16)25-20(24-10-12-27-13-11-24)22-23-21(25)28-15-19(26)17-7-3-2-4-8-17/h2-9,14H,10-13,15H2,1H3. The molecule has 0 atom stereocenters. The molecule has 1 fully saturated rings. The Hall–Kier alpha value is -2.64. The molecule has 0 N–H and O–H groups in total. The van der Waals surface area contributed by atoms with Crippen LogP contribution in [0.15, 0.2) is 59.8 Å². The Kier molecular flexibility index (Phi) is 5.73. The smallest absolute Gasteiger partial charge is 0.232 e. The van der Waals surface area contributed by atoms with E-state index in [9.17, 15) is 4.79 Å². The molecule has 0 radical (unpaired) electrons. The molecule has 0 bridgehead atoms. The molecule has 6 nitrogen and oxygen atoms in total. The first-order valence-corrected chi connectivity index (χ1v) is 10.3. The third-order valence-corrected chi connectivity index (χ3v) is 5.53. The number of ketones is 1. The third kappa shape index (κ3) is 4.10. The fraction of sp³-hybridized carbons (Fsp3) is 0.286. The lowest BCUT2D eigenvalue weighted by molar-refractivity contribution is 0.102. The maximum atomic E-state index is 12.5. The fourth-order valence-electron chi connectivity index (χ4n) is 3.15. The predicted molar refractivity (Wildman–Crippen MR) is 111 cm³/mol. The number of nitrogens with zero attached hydrogens (tertiary/aromatic N) is 4. The predicted octanol–water partition coefficient (Wildman–Crippen LogP) is 3.39. The van der Waals surface area contributed by atoms with Crippen LogP contribution in [-0.2, 0) is 4.74 Å². The number of carbonyl (C=O) groups excluding carboxylic acids is 1. The van der Waals surface area contributed by atoms with Crippen LogP contribution in [0.4, 0.5) is 5.95 Å². The quantitative estimate of drug-likeness (QED) is 0.472. The fourth-order valence-corrected chi connectivity index (χ4v) is 4.00. The molecule has 28 heavy (non-hydrogen) atoms. The number of Topliss-reactive ketones (excluding diaryl/α,β-unsaturated/α-hetero) is 1. The number of benzene rings is 2. The molecule has 0 amide bonds. The normalized spacial score (nSPS) is 14.2. The van der Waals surface area contributed by atoms with Crippen molar-refractivity contribution in [2.45, 2.75) is 12.1 Å². The molecule has 3 aromatic rings. The van der Waals surface area contributed by atoms with Crippen molar-refractivity contribution in [1.29, 1.82) is 0 Å². The molecular weight excluding hydrogens is 372 g/mol. The van der Waals surface area contributed by atoms with E-state index in [2.05, 4.69) is 34.2 Å². The highest BCUT2D eigenvalue weighted by atomic mass is 32.2. The van der Waals surface area contributed by atoms with Crippen molar-refractivity contribution in [2.24, 2.45) is 0 Å². The van der Waals surface area contributed by atoms with Crippen molar-refractivity contribution in [3.63, 3.8) is 0 Å². The zero-order valence-electron chi connectivity index (χ0n) is 15.7. The van der Waals surface area contributed by atoms with Crippen LogP contribution >= 0.6 is 11.8 Å². The van der Waals surface area contributed by atoms with Gasteiger partial charge < -0.3 is 9.64 Å². The molecule has 1 saturated heterocycles. The molecule has 1 aliphatic heterocycles. The van der Waals surface area contributed by atoms with Crippen LogP contribution in [0.2, 0.25) is 0 Å². The van der Waals surface area contributed by atoms with Gasteiger partial charge in [-0.3, -0.25) is 9.36 Å². The molecule has 1 aromatic heterocycles. The number of aromatic nitrogens is 3. The van der Waals surface area contributed by atoms with Gasteiger partial charge in [0.25, 0.3) is 0 Å². The van der Waals surface area contributed by atoms with Crippen molar-refractivity contribution < 1.29 is 9.53 Å². The van der Waals surface area contributed by atoms with E-state index in [0.717, 1.165) is 35.4 Å². The summed E-state index contributed by atoms with van der Waals surface area (Å²) in [5.41, 5.74) is 2.88. The molecule has 2 aromatic carbocycles. The van der Waals surface area contributed by atoms with Crippen LogP contribution in [0.3, 0.4) is 0 Å². The number of anilines is 1. The topological polar surface area (TPSA) is 60.2 Å². The Morgan fingerprint density at radius 2 is 1.86 bits per heavy atom. The molecule has 2 heterocycles. The second-order valence-electron chi connectivity index (χ2n) is 6.63. The van der Waals surface area contributed by atoms with E-state index in [4.69, 9.17) is 4.74 Å². The Balaban J connectivity index is 1.63. The van der Waals surface area contributed by atoms with Crippen LogP contribution in [0.1, 0.15) is 15.9 Å². The molecule has 0 spiro atoms. The van der Waals surface area contributed by atoms with Gasteiger partial charge in [-0.2, -0.15) is 0 Å². The lowest BCUT2D eigenvalue weighted by atomic mass is 10.2. The average molecular weight is 395 g/mol. The summed E-state index contributed by atoms with van der Waals surface area (Å²) in [5, 5.41) is 9.57. The van der Waals surface area contributed by atoms with E-state index in [-0.39, 0.29) is 5.78 Å². The van der Waals surface area contributed by atoms with Crippen LogP contribution < -0.4 is 4.90 Å². The lowest BCUT2D eigenvalue weighted by Gasteiger charge is -2.28. The van der Waals surface area contributed by atoms with E-state index >= 15 is 0 Å². The molecule has 1 aliphatic rings. The van der Waals surface area contributed by atoms with Gasteiger partial charge in [-0.15, -0.1) is 10.2 Å². The van der Waals surface area contributed by atoms with Gasteiger partial charge in [0.15, 0.2) is 10.9 Å². The number of rotatable bonds is 6. The van der Waals surface area contributed by atoms with Crippen LogP contribution in [0.25, 0.3) is 5.69 Å². The first-order chi connectivity index (χ1) is 13.7. The van der Waals surface area contributed by atoms with Gasteiger partial charge in [-0.25, -0.2) is 0 Å². The van der Waals surface area contributed by atoms with Crippen molar-refractivity contribution in [1.82, 2.24) is 14.8 Å². The van der Waals surface area contributed by atoms with Gasteiger partial charge in [0.1, 0.15) is 0 Å². The van der Waals surface area contributed by atoms with Gasteiger partial charge in [-0.1, -0.05) is 54.2 Å². The maximum Gasteiger partial charge on any atom is 0.232 e. The second kappa shape index (κ2) is 8.58. The van der Waals surface area contributed by atoms with Crippen LogP contribution in [0, 0.1) is 6.92 Å². The molecule has 0 saturated carbocycles. The molecule has 0 unspecified atom stereocenters. The molecule has 7 heteroatoms. The minimum Gasteiger partial charge on any atom is -0.378 e. The molecule has 0 aliphatic carbocycles. The number of aryl methyl sites for hydroxylation is 1. The number of hydrogen-bond donors (Lipinski definition) is 0. The summed E-state index contributed by atoms with van der Waals surface area (Å²) < 4.78 is 7.51. The van der Waals surface area contributed by atoms with E-state index in [0.29, 0.717) is 24.5 Å². The van der Waals surface area contributed by atoms with Gasteiger partial charge >= 0.3 is 0 Å². The minimum absolute atomic E-state index is 0.0808. The van der Waals surface area contributed by atoms with E-state index in [1.165, 1.54) is 11.8 Å². The van der Waals surface area contributed by atoms with Crippen LogP contribution in [0.5, 0.6) is 0 Å². The number of ether oxygens (including phenoxy) is 1. The average Bonchev–Trinajstić information content (AvgIpc) is 3.17. The third-order valence-electron chi connectivity index (χ3n) is 4.60. The van der Waals surface area contributed by atoms with Gasteiger partial charge in [-0.05, 0) is 24.6 Å². The van der Waals surface area contributed by atoms with E-state index < -0.39 is 0 Å². The number of morpholine rings is 1. The number of carbonyl (C=O) groups is 1. The molecule has 4 rings (SSSR count). The highest BCUT2D eigenvalue weighted by Gasteiger charge is 2.22. The zero-order valence-corrected chi connectivity index (χ0v) is 16.6. The summed E-state index contributed by atoms with van der Waals surface area (Å²) in [6.07, 6.45) is 0. The first kappa shape index (κ1) is 18.7. The SMILES string of the molecule is Cc1cccc(-n2c(SCC(=O)c3ccccc3)nnc2N2CCOCC2)c1. The summed E-state index contributed by atoms with van der Waals surface area (Å²) in [6, 6.07) is 17.6. The van der Waals surface area contributed by atoms with E-state index in [1.54, 1.807) is 0 Å². The Labute approximate surface area is 168 Å². The second-order valence-corrected chi connectivity index (χ2v) is 7.58. The zero-order chi connectivity index (χ0) is 19.3. The highest BCUT2D eigenvalue weighted by molar-refractivity contribution is 7.99. The monoisotopic (exact) mass is 394 g/mol. The minimum atomic E-state index is 0.0808. The lowest BCUT2D eigenvalue weighted by Crippen LogP contribution is -2.37. The van der Waals surface area contributed by atoms with E-state index in [1.807, 2.05) is 47.0 Å². The molecule has 144 valence electrons. The van der Waals surface area contributed by atoms with Crippen molar-refractivity contribution in [2.75, 3.05) is 37.0 Å². The Morgan fingerprint density at radius 1 is 1.07 bits per heavy atom. The van der Waals surface area contributed by atoms with Crippen LogP contribution in [-0.4, -0.2) is 52.6 Å².